The number of ether oxygens (including phenoxy) is 1. The third-order valence-corrected chi connectivity index (χ3v) is 4.73. The maximum Gasteiger partial charge on any atom is 0.311 e. The van der Waals surface area contributed by atoms with E-state index in [1.165, 1.54) is 5.56 Å². The summed E-state index contributed by atoms with van der Waals surface area (Å²) in [5.41, 5.74) is 4.36. The Hall–Kier alpha value is -1.90. The van der Waals surface area contributed by atoms with Gasteiger partial charge < -0.3 is 9.57 Å². The number of rotatable bonds is 5. The highest BCUT2D eigenvalue weighted by molar-refractivity contribution is 5.74. The number of aryl methyl sites for hydroxylation is 3. The smallest absolute Gasteiger partial charge is 0.311 e. The average Bonchev–Trinajstić information content (AvgIpc) is 2.56. The first kappa shape index (κ1) is 18.4. The van der Waals surface area contributed by atoms with Crippen molar-refractivity contribution in [1.29, 1.82) is 5.26 Å². The fraction of sp³-hybridized carbons (Fsp3) is 0.579. The number of hydrogen-bond acceptors (Lipinski definition) is 5. The minimum atomic E-state index is -0.678. The molecule has 1 aliphatic rings. The molecule has 5 heteroatoms. The van der Waals surface area contributed by atoms with Gasteiger partial charge in [-0.15, -0.1) is 0 Å². The van der Waals surface area contributed by atoms with Gasteiger partial charge in [-0.25, -0.2) is 0 Å². The number of benzene rings is 1. The zero-order chi connectivity index (χ0) is 17.7. The molecule has 0 radical (unpaired) electrons. The predicted octanol–water partition coefficient (Wildman–Crippen LogP) is 2.86. The molecule has 0 aromatic heterocycles. The highest BCUT2D eigenvalue weighted by Crippen LogP contribution is 2.24. The molecule has 1 aromatic carbocycles. The maximum absolute atomic E-state index is 12.3. The van der Waals surface area contributed by atoms with E-state index < -0.39 is 6.10 Å². The summed E-state index contributed by atoms with van der Waals surface area (Å²) in [5.74, 6) is -0.253. The zero-order valence-electron chi connectivity index (χ0n) is 15.0. The lowest BCUT2D eigenvalue weighted by molar-refractivity contribution is -0.161. The van der Waals surface area contributed by atoms with Crippen molar-refractivity contribution in [2.24, 2.45) is 5.92 Å². The van der Waals surface area contributed by atoms with Gasteiger partial charge in [-0.1, -0.05) is 17.7 Å². The van der Waals surface area contributed by atoms with Gasteiger partial charge >= 0.3 is 5.97 Å². The quantitative estimate of drug-likeness (QED) is 0.777. The number of carbonyl (C=O) groups excluding carboxylic acids is 1. The van der Waals surface area contributed by atoms with E-state index in [4.69, 9.17) is 9.57 Å². The van der Waals surface area contributed by atoms with Crippen molar-refractivity contribution in [2.45, 2.75) is 46.1 Å². The largest absolute Gasteiger partial charge is 0.446 e. The molecule has 24 heavy (non-hydrogen) atoms. The molecule has 1 aliphatic heterocycles. The Kier molecular flexibility index (Phi) is 6.36. The molecule has 0 aliphatic carbocycles. The van der Waals surface area contributed by atoms with E-state index in [1.807, 2.05) is 25.8 Å². The molecular formula is C19H26N2O3. The molecule has 1 unspecified atom stereocenters. The van der Waals surface area contributed by atoms with Crippen LogP contribution in [-0.4, -0.2) is 37.3 Å². The van der Waals surface area contributed by atoms with E-state index in [9.17, 15) is 10.1 Å². The van der Waals surface area contributed by atoms with Crippen molar-refractivity contribution in [3.63, 3.8) is 0 Å². The monoisotopic (exact) mass is 330 g/mol. The summed E-state index contributed by atoms with van der Waals surface area (Å²) in [4.78, 5) is 17.5. The SMILES string of the molecule is CON1CCC(C(C#N)OC(=O)Cc2c(C)cc(C)cc2C)CC1. The fourth-order valence-electron chi connectivity index (χ4n) is 3.41. The topological polar surface area (TPSA) is 62.6 Å². The molecule has 1 saturated heterocycles. The van der Waals surface area contributed by atoms with Crippen molar-refractivity contribution >= 4 is 5.97 Å². The minimum Gasteiger partial charge on any atom is -0.446 e. The summed E-state index contributed by atoms with van der Waals surface area (Å²) in [7, 11) is 1.65. The van der Waals surface area contributed by atoms with Crippen LogP contribution in [0.4, 0.5) is 0 Å². The third kappa shape index (κ3) is 4.56. The minimum absolute atomic E-state index is 0.0746. The van der Waals surface area contributed by atoms with Gasteiger partial charge in [0.05, 0.1) is 13.5 Å². The van der Waals surface area contributed by atoms with Crippen molar-refractivity contribution < 1.29 is 14.4 Å². The number of hydroxylamine groups is 2. The molecule has 1 fully saturated rings. The summed E-state index contributed by atoms with van der Waals surface area (Å²) in [6.07, 6.45) is 1.12. The number of esters is 1. The Morgan fingerprint density at radius 2 is 1.88 bits per heavy atom. The summed E-state index contributed by atoms with van der Waals surface area (Å²) >= 11 is 0. The first-order chi connectivity index (χ1) is 11.4. The Morgan fingerprint density at radius 3 is 2.38 bits per heavy atom. The Bertz CT molecular complexity index is 605. The number of nitrogens with zero attached hydrogens (tertiary/aromatic N) is 2. The van der Waals surface area contributed by atoms with Crippen molar-refractivity contribution in [3.8, 4) is 6.07 Å². The molecule has 1 heterocycles. The van der Waals surface area contributed by atoms with E-state index in [0.717, 1.165) is 42.6 Å². The Labute approximate surface area is 144 Å². The van der Waals surface area contributed by atoms with Crippen LogP contribution in [0.15, 0.2) is 12.1 Å². The van der Waals surface area contributed by atoms with E-state index in [2.05, 4.69) is 18.2 Å². The molecule has 0 amide bonds. The zero-order valence-corrected chi connectivity index (χ0v) is 15.0. The van der Waals surface area contributed by atoms with Crippen LogP contribution < -0.4 is 0 Å². The van der Waals surface area contributed by atoms with Crippen LogP contribution >= 0.6 is 0 Å². The number of nitriles is 1. The van der Waals surface area contributed by atoms with Crippen LogP contribution in [-0.2, 0) is 20.8 Å². The molecule has 0 saturated carbocycles. The Morgan fingerprint density at radius 1 is 1.29 bits per heavy atom. The van der Waals surface area contributed by atoms with E-state index in [-0.39, 0.29) is 18.3 Å². The highest BCUT2D eigenvalue weighted by atomic mass is 16.7. The second-order valence-corrected chi connectivity index (χ2v) is 6.54. The van der Waals surface area contributed by atoms with Crippen LogP contribution in [0.2, 0.25) is 0 Å². The second kappa shape index (κ2) is 8.27. The van der Waals surface area contributed by atoms with Gasteiger partial charge in [0.2, 0.25) is 0 Å². The maximum atomic E-state index is 12.3. The van der Waals surface area contributed by atoms with Gasteiger partial charge in [-0.2, -0.15) is 10.3 Å². The molecule has 1 aromatic rings. The molecule has 2 rings (SSSR count). The van der Waals surface area contributed by atoms with Crippen LogP contribution in [0, 0.1) is 38.0 Å². The first-order valence-corrected chi connectivity index (χ1v) is 8.39. The average molecular weight is 330 g/mol. The summed E-state index contributed by atoms with van der Waals surface area (Å²) in [6, 6.07) is 6.29. The number of hydrogen-bond donors (Lipinski definition) is 0. The molecule has 5 nitrogen and oxygen atoms in total. The molecule has 0 spiro atoms. The third-order valence-electron chi connectivity index (χ3n) is 4.73. The molecule has 1 atom stereocenters. The number of carbonyl (C=O) groups is 1. The molecule has 0 bridgehead atoms. The fourth-order valence-corrected chi connectivity index (χ4v) is 3.41. The molecular weight excluding hydrogens is 304 g/mol. The van der Waals surface area contributed by atoms with Gasteiger partial charge in [0.1, 0.15) is 6.07 Å². The van der Waals surface area contributed by atoms with Crippen molar-refractivity contribution in [2.75, 3.05) is 20.2 Å². The van der Waals surface area contributed by atoms with Gasteiger partial charge in [0.15, 0.2) is 6.10 Å². The molecule has 130 valence electrons. The van der Waals surface area contributed by atoms with Crippen LogP contribution in [0.25, 0.3) is 0 Å². The van der Waals surface area contributed by atoms with Gasteiger partial charge in [-0.05, 0) is 50.3 Å². The van der Waals surface area contributed by atoms with Crippen LogP contribution in [0.3, 0.4) is 0 Å². The van der Waals surface area contributed by atoms with Crippen LogP contribution in [0.1, 0.15) is 35.1 Å². The predicted molar refractivity (Wildman–Crippen MR) is 91.2 cm³/mol. The van der Waals surface area contributed by atoms with E-state index in [1.54, 1.807) is 7.11 Å². The Balaban J connectivity index is 1.97. The van der Waals surface area contributed by atoms with Crippen molar-refractivity contribution in [3.05, 3.63) is 34.4 Å². The first-order valence-electron chi connectivity index (χ1n) is 8.39. The molecule has 0 N–H and O–H groups in total. The highest BCUT2D eigenvalue weighted by Gasteiger charge is 2.29. The van der Waals surface area contributed by atoms with E-state index >= 15 is 0 Å². The normalized spacial score (nSPS) is 17.3. The van der Waals surface area contributed by atoms with Crippen LogP contribution in [0.5, 0.6) is 0 Å². The summed E-state index contributed by atoms with van der Waals surface area (Å²) < 4.78 is 5.49. The second-order valence-electron chi connectivity index (χ2n) is 6.54. The van der Waals surface area contributed by atoms with Gasteiger partial charge in [-0.3, -0.25) is 4.79 Å². The summed E-state index contributed by atoms with van der Waals surface area (Å²) in [5, 5.41) is 11.3. The lowest BCUT2D eigenvalue weighted by Crippen LogP contribution is -2.38. The number of piperidine rings is 1. The van der Waals surface area contributed by atoms with Crippen molar-refractivity contribution in [1.82, 2.24) is 5.06 Å². The standard InChI is InChI=1S/C19H26N2O3/c1-13-9-14(2)17(15(3)10-13)11-19(22)24-18(12-20)16-5-7-21(23-4)8-6-16/h9-10,16,18H,5-8,11H2,1-4H3. The van der Waals surface area contributed by atoms with E-state index in [0.29, 0.717) is 0 Å². The van der Waals surface area contributed by atoms with Gasteiger partial charge in [0.25, 0.3) is 0 Å². The lowest BCUT2D eigenvalue weighted by atomic mass is 9.92. The summed E-state index contributed by atoms with van der Waals surface area (Å²) in [6.45, 7) is 7.57. The van der Waals surface area contributed by atoms with Gasteiger partial charge in [0, 0.05) is 19.0 Å². The lowest BCUT2D eigenvalue weighted by Gasteiger charge is -2.31.